The zero-order chi connectivity index (χ0) is 28.3. The number of para-hydroxylation sites is 1. The van der Waals surface area contributed by atoms with E-state index in [4.69, 9.17) is 15.2 Å². The SMILES string of the molecule is COc1ccc(CC(C(=O)NO)N2CCC(N)(c3ccc(OCc4cc(C)nc5ccccc45)cc3)C2=O)cc1. The van der Waals surface area contributed by atoms with Gasteiger partial charge in [0.25, 0.3) is 5.91 Å². The van der Waals surface area contributed by atoms with E-state index in [1.54, 1.807) is 49.0 Å². The average molecular weight is 541 g/mol. The highest BCUT2D eigenvalue weighted by Gasteiger charge is 2.48. The van der Waals surface area contributed by atoms with Crippen LogP contribution in [0.5, 0.6) is 11.5 Å². The van der Waals surface area contributed by atoms with Gasteiger partial charge in [0.1, 0.15) is 29.7 Å². The van der Waals surface area contributed by atoms with Crippen LogP contribution in [0.4, 0.5) is 0 Å². The van der Waals surface area contributed by atoms with E-state index < -0.39 is 17.5 Å². The van der Waals surface area contributed by atoms with Crippen molar-refractivity contribution in [1.82, 2.24) is 15.4 Å². The van der Waals surface area contributed by atoms with E-state index in [1.165, 1.54) is 4.90 Å². The maximum Gasteiger partial charge on any atom is 0.266 e. The Labute approximate surface area is 232 Å². The maximum atomic E-state index is 13.6. The molecule has 2 amide bonds. The fourth-order valence-electron chi connectivity index (χ4n) is 5.25. The Hall–Kier alpha value is -4.47. The molecule has 2 heterocycles. The van der Waals surface area contributed by atoms with E-state index >= 15 is 0 Å². The number of fused-ring (bicyclic) bond motifs is 1. The summed E-state index contributed by atoms with van der Waals surface area (Å²) < 4.78 is 11.3. The topological polar surface area (TPSA) is 127 Å². The Balaban J connectivity index is 1.30. The molecule has 0 bridgehead atoms. The molecule has 9 heteroatoms. The number of nitrogens with two attached hydrogens (primary N) is 1. The van der Waals surface area contributed by atoms with Gasteiger partial charge in [-0.05, 0) is 60.9 Å². The summed E-state index contributed by atoms with van der Waals surface area (Å²) in [4.78, 5) is 32.2. The number of hydrogen-bond acceptors (Lipinski definition) is 7. The summed E-state index contributed by atoms with van der Waals surface area (Å²) in [5, 5.41) is 10.4. The molecule has 40 heavy (non-hydrogen) atoms. The Kier molecular flexibility index (Phi) is 7.68. The largest absolute Gasteiger partial charge is 0.497 e. The lowest BCUT2D eigenvalue weighted by atomic mass is 9.89. The fourth-order valence-corrected chi connectivity index (χ4v) is 5.25. The summed E-state index contributed by atoms with van der Waals surface area (Å²) in [6.45, 7) is 2.60. The van der Waals surface area contributed by atoms with Gasteiger partial charge in [0.05, 0.1) is 12.6 Å². The molecular formula is C31H32N4O5. The molecule has 0 radical (unpaired) electrons. The van der Waals surface area contributed by atoms with Gasteiger partial charge in [0, 0.05) is 29.6 Å². The molecule has 1 aliphatic rings. The molecule has 2 unspecified atom stereocenters. The van der Waals surface area contributed by atoms with Gasteiger partial charge in [-0.3, -0.25) is 19.8 Å². The van der Waals surface area contributed by atoms with E-state index in [9.17, 15) is 14.8 Å². The number of carbonyl (C=O) groups is 2. The van der Waals surface area contributed by atoms with E-state index in [2.05, 4.69) is 4.98 Å². The molecule has 4 N–H and O–H groups in total. The molecule has 0 aliphatic carbocycles. The van der Waals surface area contributed by atoms with Crippen LogP contribution in [0, 0.1) is 6.92 Å². The molecule has 2 atom stereocenters. The van der Waals surface area contributed by atoms with Crippen LogP contribution in [0.25, 0.3) is 10.9 Å². The van der Waals surface area contributed by atoms with Crippen LogP contribution < -0.4 is 20.7 Å². The molecule has 5 rings (SSSR count). The normalized spacial score (nSPS) is 17.6. The van der Waals surface area contributed by atoms with E-state index in [0.717, 1.165) is 27.7 Å². The number of hydroxylamine groups is 1. The first-order chi connectivity index (χ1) is 19.3. The molecule has 0 saturated carbocycles. The molecule has 9 nitrogen and oxygen atoms in total. The van der Waals surface area contributed by atoms with Crippen molar-refractivity contribution in [2.75, 3.05) is 13.7 Å². The minimum atomic E-state index is -1.30. The average Bonchev–Trinajstić information content (AvgIpc) is 3.29. The first kappa shape index (κ1) is 27.1. The zero-order valence-corrected chi connectivity index (χ0v) is 22.5. The summed E-state index contributed by atoms with van der Waals surface area (Å²) >= 11 is 0. The highest BCUT2D eigenvalue weighted by molar-refractivity contribution is 5.94. The number of rotatable bonds is 9. The maximum absolute atomic E-state index is 13.6. The van der Waals surface area contributed by atoms with E-state index in [-0.39, 0.29) is 18.9 Å². The predicted octanol–water partition coefficient (Wildman–Crippen LogP) is 3.63. The van der Waals surface area contributed by atoms with E-state index in [1.807, 2.05) is 49.4 Å². The second-order valence-corrected chi connectivity index (χ2v) is 10.0. The van der Waals surface area contributed by atoms with Gasteiger partial charge in [-0.1, -0.05) is 42.5 Å². The van der Waals surface area contributed by atoms with Crippen LogP contribution in [0.3, 0.4) is 0 Å². The van der Waals surface area contributed by atoms with Crippen LogP contribution in [-0.2, 0) is 28.2 Å². The van der Waals surface area contributed by atoms with Crippen molar-refractivity contribution < 1.29 is 24.3 Å². The van der Waals surface area contributed by atoms with Crippen molar-refractivity contribution in [3.8, 4) is 11.5 Å². The minimum absolute atomic E-state index is 0.216. The highest BCUT2D eigenvalue weighted by atomic mass is 16.5. The number of benzene rings is 3. The van der Waals surface area contributed by atoms with Crippen molar-refractivity contribution in [3.05, 3.63) is 101 Å². The number of amides is 2. The molecule has 1 aromatic heterocycles. The fraction of sp³-hybridized carbons (Fsp3) is 0.258. The third-order valence-corrected chi connectivity index (χ3v) is 7.46. The van der Waals surface area contributed by atoms with Crippen molar-refractivity contribution in [3.63, 3.8) is 0 Å². The van der Waals surface area contributed by atoms with Crippen molar-refractivity contribution in [2.45, 2.75) is 38.0 Å². The van der Waals surface area contributed by atoms with Crippen LogP contribution in [0.1, 0.15) is 28.8 Å². The summed E-state index contributed by atoms with van der Waals surface area (Å²) in [6, 6.07) is 23.4. The summed E-state index contributed by atoms with van der Waals surface area (Å²) in [5.41, 5.74) is 11.4. The number of hydrogen-bond donors (Lipinski definition) is 3. The quantitative estimate of drug-likeness (QED) is 0.219. The number of carbonyl (C=O) groups excluding carboxylic acids is 2. The lowest BCUT2D eigenvalue weighted by Gasteiger charge is -2.29. The minimum Gasteiger partial charge on any atom is -0.497 e. The Morgan fingerprint density at radius 2 is 1.80 bits per heavy atom. The van der Waals surface area contributed by atoms with Crippen LogP contribution in [0.15, 0.2) is 78.9 Å². The van der Waals surface area contributed by atoms with Crippen molar-refractivity contribution >= 4 is 22.7 Å². The number of likely N-dealkylation sites (tertiary alicyclic amines) is 1. The number of nitrogens with zero attached hydrogens (tertiary/aromatic N) is 2. The van der Waals surface area contributed by atoms with Crippen LogP contribution in [0.2, 0.25) is 0 Å². The van der Waals surface area contributed by atoms with Crippen LogP contribution >= 0.6 is 0 Å². The third kappa shape index (κ3) is 5.34. The Morgan fingerprint density at radius 1 is 1.10 bits per heavy atom. The molecule has 3 aromatic carbocycles. The molecule has 0 spiro atoms. The highest BCUT2D eigenvalue weighted by Crippen LogP contribution is 2.34. The molecular weight excluding hydrogens is 508 g/mol. The monoisotopic (exact) mass is 540 g/mol. The van der Waals surface area contributed by atoms with Crippen molar-refractivity contribution in [2.24, 2.45) is 5.73 Å². The second-order valence-electron chi connectivity index (χ2n) is 10.0. The standard InChI is InChI=1S/C31H32N4O5/c1-20-17-22(26-5-3-4-6-27(26)33-20)19-40-25-13-9-23(10-14-25)31(32)15-16-35(30(31)37)28(29(36)34-38)18-21-7-11-24(39-2)12-8-21/h3-14,17,28,38H,15-16,18-19,32H2,1-2H3,(H,34,36). The van der Waals surface area contributed by atoms with Gasteiger partial charge >= 0.3 is 0 Å². The van der Waals surface area contributed by atoms with Gasteiger partial charge in [0.2, 0.25) is 5.91 Å². The zero-order valence-electron chi connectivity index (χ0n) is 22.5. The first-order valence-corrected chi connectivity index (χ1v) is 13.1. The first-order valence-electron chi connectivity index (χ1n) is 13.1. The van der Waals surface area contributed by atoms with Gasteiger partial charge in [-0.25, -0.2) is 5.48 Å². The van der Waals surface area contributed by atoms with Gasteiger partial charge in [0.15, 0.2) is 0 Å². The van der Waals surface area contributed by atoms with Gasteiger partial charge in [-0.15, -0.1) is 0 Å². The number of pyridine rings is 1. The Bertz CT molecular complexity index is 1520. The van der Waals surface area contributed by atoms with Gasteiger partial charge < -0.3 is 20.1 Å². The third-order valence-electron chi connectivity index (χ3n) is 7.46. The smallest absolute Gasteiger partial charge is 0.266 e. The van der Waals surface area contributed by atoms with Crippen LogP contribution in [-0.4, -0.2) is 46.6 Å². The summed E-state index contributed by atoms with van der Waals surface area (Å²) in [7, 11) is 1.57. The molecule has 4 aromatic rings. The van der Waals surface area contributed by atoms with E-state index in [0.29, 0.717) is 30.1 Å². The molecule has 1 saturated heterocycles. The van der Waals surface area contributed by atoms with Gasteiger partial charge in [-0.2, -0.15) is 0 Å². The number of aryl methyl sites for hydroxylation is 1. The number of methoxy groups -OCH3 is 1. The summed E-state index contributed by atoms with van der Waals surface area (Å²) in [6.07, 6.45) is 0.542. The second kappa shape index (κ2) is 11.3. The molecule has 1 fully saturated rings. The number of nitrogens with one attached hydrogen (secondary N) is 1. The number of ether oxygens (including phenoxy) is 2. The molecule has 206 valence electrons. The lowest BCUT2D eigenvalue weighted by Crippen LogP contribution is -2.52. The summed E-state index contributed by atoms with van der Waals surface area (Å²) in [5.74, 6) is 0.282. The Morgan fingerprint density at radius 3 is 2.50 bits per heavy atom. The number of aromatic nitrogens is 1. The molecule has 1 aliphatic heterocycles. The van der Waals surface area contributed by atoms with Crippen molar-refractivity contribution in [1.29, 1.82) is 0 Å². The lowest BCUT2D eigenvalue weighted by molar-refractivity contribution is -0.144. The predicted molar refractivity (Wildman–Crippen MR) is 150 cm³/mol.